The fourth-order valence-corrected chi connectivity index (χ4v) is 3.99. The summed E-state index contributed by atoms with van der Waals surface area (Å²) in [5.74, 6) is -1.50. The van der Waals surface area contributed by atoms with E-state index in [1.54, 1.807) is 6.92 Å². The molecule has 3 unspecified atom stereocenters. The standard InChI is InChI=1S/C18H31NO4/c1-13(23-14-9-5-3-4-6-10-14)16(20)19-18(2)12-8-7-11-15(18)17(21)22/h13-15H,3-12H2,1-2H3,(H,19,20)(H,21,22). The van der Waals surface area contributed by atoms with Crippen LogP contribution >= 0.6 is 0 Å². The van der Waals surface area contributed by atoms with E-state index in [0.717, 1.165) is 38.5 Å². The van der Waals surface area contributed by atoms with Crippen molar-refractivity contribution in [3.8, 4) is 0 Å². The molecule has 0 aliphatic heterocycles. The summed E-state index contributed by atoms with van der Waals surface area (Å²) in [6, 6.07) is 0. The van der Waals surface area contributed by atoms with E-state index in [1.165, 1.54) is 12.8 Å². The third-order valence-corrected chi connectivity index (χ3v) is 5.48. The molecule has 2 rings (SSSR count). The Morgan fingerprint density at radius 3 is 2.30 bits per heavy atom. The second kappa shape index (κ2) is 8.13. The summed E-state index contributed by atoms with van der Waals surface area (Å²) >= 11 is 0. The average Bonchev–Trinajstić information content (AvgIpc) is 2.75. The van der Waals surface area contributed by atoms with E-state index in [9.17, 15) is 14.7 Å². The van der Waals surface area contributed by atoms with Gasteiger partial charge in [0, 0.05) is 0 Å². The number of amides is 1. The van der Waals surface area contributed by atoms with Gasteiger partial charge in [0.2, 0.25) is 5.91 Å². The maximum Gasteiger partial charge on any atom is 0.308 e. The largest absolute Gasteiger partial charge is 0.481 e. The van der Waals surface area contributed by atoms with Crippen LogP contribution in [-0.4, -0.2) is 34.7 Å². The Morgan fingerprint density at radius 2 is 1.70 bits per heavy atom. The lowest BCUT2D eigenvalue weighted by Gasteiger charge is -2.40. The zero-order chi connectivity index (χ0) is 16.9. The number of rotatable bonds is 5. The summed E-state index contributed by atoms with van der Waals surface area (Å²) in [7, 11) is 0. The predicted octanol–water partition coefficient (Wildman–Crippen LogP) is 3.26. The molecule has 0 saturated heterocycles. The normalized spacial score (nSPS) is 31.1. The molecule has 2 aliphatic rings. The van der Waals surface area contributed by atoms with Gasteiger partial charge in [-0.1, -0.05) is 38.5 Å². The van der Waals surface area contributed by atoms with Gasteiger partial charge in [-0.3, -0.25) is 9.59 Å². The van der Waals surface area contributed by atoms with Gasteiger partial charge in [0.1, 0.15) is 6.10 Å². The first-order valence-electron chi connectivity index (χ1n) is 9.12. The van der Waals surface area contributed by atoms with Crippen LogP contribution in [0.25, 0.3) is 0 Å². The third kappa shape index (κ3) is 4.93. The zero-order valence-electron chi connectivity index (χ0n) is 14.5. The Bertz CT molecular complexity index is 417. The first kappa shape index (κ1) is 18.2. The van der Waals surface area contributed by atoms with Crippen molar-refractivity contribution in [3.63, 3.8) is 0 Å². The molecule has 23 heavy (non-hydrogen) atoms. The monoisotopic (exact) mass is 325 g/mol. The van der Waals surface area contributed by atoms with Crippen molar-refractivity contribution in [1.82, 2.24) is 5.32 Å². The highest BCUT2D eigenvalue weighted by Crippen LogP contribution is 2.34. The molecule has 0 spiro atoms. The fraction of sp³-hybridized carbons (Fsp3) is 0.889. The van der Waals surface area contributed by atoms with Gasteiger partial charge in [0.25, 0.3) is 0 Å². The van der Waals surface area contributed by atoms with Crippen molar-refractivity contribution in [2.45, 2.75) is 95.8 Å². The minimum Gasteiger partial charge on any atom is -0.481 e. The molecule has 0 aromatic heterocycles. The summed E-state index contributed by atoms with van der Waals surface area (Å²) in [5, 5.41) is 12.4. The van der Waals surface area contributed by atoms with Crippen molar-refractivity contribution < 1.29 is 19.4 Å². The van der Waals surface area contributed by atoms with Crippen molar-refractivity contribution in [2.24, 2.45) is 5.92 Å². The first-order chi connectivity index (χ1) is 10.9. The number of carbonyl (C=O) groups is 2. The minimum atomic E-state index is -0.815. The molecule has 0 heterocycles. The smallest absolute Gasteiger partial charge is 0.308 e. The van der Waals surface area contributed by atoms with E-state index >= 15 is 0 Å². The molecule has 132 valence electrons. The van der Waals surface area contributed by atoms with Crippen LogP contribution in [-0.2, 0) is 14.3 Å². The van der Waals surface area contributed by atoms with Crippen LogP contribution in [0.2, 0.25) is 0 Å². The SMILES string of the molecule is CC(OC1CCCCCC1)C(=O)NC1(C)CCCCC1C(=O)O. The highest BCUT2D eigenvalue weighted by atomic mass is 16.5. The molecule has 0 radical (unpaired) electrons. The van der Waals surface area contributed by atoms with Crippen molar-refractivity contribution in [1.29, 1.82) is 0 Å². The first-order valence-corrected chi connectivity index (χ1v) is 9.12. The molecule has 5 heteroatoms. The topological polar surface area (TPSA) is 75.6 Å². The van der Waals surface area contributed by atoms with Crippen molar-refractivity contribution in [2.75, 3.05) is 0 Å². The Kier molecular flexibility index (Phi) is 6.45. The summed E-state index contributed by atoms with van der Waals surface area (Å²) in [4.78, 5) is 24.0. The van der Waals surface area contributed by atoms with Gasteiger partial charge >= 0.3 is 5.97 Å². The second-order valence-corrected chi connectivity index (χ2v) is 7.44. The van der Waals surface area contributed by atoms with Crippen LogP contribution in [0.5, 0.6) is 0 Å². The molecular formula is C18H31NO4. The van der Waals surface area contributed by atoms with E-state index in [2.05, 4.69) is 5.32 Å². The van der Waals surface area contributed by atoms with E-state index < -0.39 is 23.5 Å². The average molecular weight is 325 g/mol. The number of nitrogens with one attached hydrogen (secondary N) is 1. The number of carbonyl (C=O) groups excluding carboxylic acids is 1. The van der Waals surface area contributed by atoms with Gasteiger partial charge in [-0.15, -0.1) is 0 Å². The summed E-state index contributed by atoms with van der Waals surface area (Å²) < 4.78 is 5.96. The Labute approximate surface area is 139 Å². The van der Waals surface area contributed by atoms with Crippen LogP contribution in [0.3, 0.4) is 0 Å². The van der Waals surface area contributed by atoms with Crippen molar-refractivity contribution in [3.05, 3.63) is 0 Å². The predicted molar refractivity (Wildman–Crippen MR) is 88.2 cm³/mol. The number of hydrogen-bond acceptors (Lipinski definition) is 3. The van der Waals surface area contributed by atoms with E-state index in [4.69, 9.17) is 4.74 Å². The second-order valence-electron chi connectivity index (χ2n) is 7.44. The van der Waals surface area contributed by atoms with E-state index in [-0.39, 0.29) is 12.0 Å². The molecule has 2 fully saturated rings. The number of aliphatic carboxylic acids is 1. The van der Waals surface area contributed by atoms with E-state index in [1.807, 2.05) is 6.92 Å². The molecule has 3 atom stereocenters. The Morgan fingerprint density at radius 1 is 1.09 bits per heavy atom. The van der Waals surface area contributed by atoms with Gasteiger partial charge in [0.05, 0.1) is 17.6 Å². The number of carboxylic acids is 1. The van der Waals surface area contributed by atoms with Gasteiger partial charge in [0.15, 0.2) is 0 Å². The van der Waals surface area contributed by atoms with Crippen molar-refractivity contribution >= 4 is 11.9 Å². The highest BCUT2D eigenvalue weighted by Gasteiger charge is 2.42. The molecule has 2 N–H and O–H groups in total. The third-order valence-electron chi connectivity index (χ3n) is 5.48. The molecular weight excluding hydrogens is 294 g/mol. The molecule has 0 aromatic rings. The lowest BCUT2D eigenvalue weighted by Crippen LogP contribution is -2.57. The molecule has 2 saturated carbocycles. The molecule has 0 aromatic carbocycles. The zero-order valence-corrected chi connectivity index (χ0v) is 14.5. The molecule has 0 bridgehead atoms. The van der Waals surface area contributed by atoms with E-state index in [0.29, 0.717) is 12.8 Å². The van der Waals surface area contributed by atoms with Gasteiger partial charge in [-0.05, 0) is 39.5 Å². The summed E-state index contributed by atoms with van der Waals surface area (Å²) in [6.07, 6.45) is 9.72. The number of hydrogen-bond donors (Lipinski definition) is 2. The Hall–Kier alpha value is -1.10. The highest BCUT2D eigenvalue weighted by molar-refractivity contribution is 5.82. The number of carboxylic acid groups (broad SMARTS) is 1. The van der Waals surface area contributed by atoms with Gasteiger partial charge in [-0.25, -0.2) is 0 Å². The van der Waals surface area contributed by atoms with Gasteiger partial charge in [-0.2, -0.15) is 0 Å². The van der Waals surface area contributed by atoms with Crippen LogP contribution in [0, 0.1) is 5.92 Å². The van der Waals surface area contributed by atoms with Crippen LogP contribution in [0.4, 0.5) is 0 Å². The maximum atomic E-state index is 12.5. The minimum absolute atomic E-state index is 0.160. The number of ether oxygens (including phenoxy) is 1. The van der Waals surface area contributed by atoms with Gasteiger partial charge < -0.3 is 15.2 Å². The lowest BCUT2D eigenvalue weighted by atomic mass is 9.74. The van der Waals surface area contributed by atoms with Crippen LogP contribution in [0.15, 0.2) is 0 Å². The lowest BCUT2D eigenvalue weighted by molar-refractivity contribution is -0.148. The maximum absolute atomic E-state index is 12.5. The summed E-state index contributed by atoms with van der Waals surface area (Å²) in [6.45, 7) is 3.64. The molecule has 5 nitrogen and oxygen atoms in total. The fourth-order valence-electron chi connectivity index (χ4n) is 3.99. The molecule has 2 aliphatic carbocycles. The van der Waals surface area contributed by atoms with Crippen LogP contribution < -0.4 is 5.32 Å². The summed E-state index contributed by atoms with van der Waals surface area (Å²) in [5.41, 5.74) is -0.664. The molecule has 1 amide bonds. The van der Waals surface area contributed by atoms with Crippen LogP contribution in [0.1, 0.15) is 78.1 Å². The Balaban J connectivity index is 1.91. The quantitative estimate of drug-likeness (QED) is 0.761.